The summed E-state index contributed by atoms with van der Waals surface area (Å²) in [5, 5.41) is -5.79. The Morgan fingerprint density at radius 2 is 1.77 bits per heavy atom. The van der Waals surface area contributed by atoms with Crippen molar-refractivity contribution < 1.29 is 44.5 Å². The Morgan fingerprint density at radius 3 is 2.18 bits per heavy atom. The summed E-state index contributed by atoms with van der Waals surface area (Å²) >= 11 is 1.96. The third-order valence-corrected chi connectivity index (χ3v) is 5.13. The van der Waals surface area contributed by atoms with Crippen LogP contribution in [0.3, 0.4) is 0 Å². The largest absolute Gasteiger partial charge is 0.743 e. The number of carbonyl (C=O) groups excluding carboxylic acids is 1. The molecule has 1 aliphatic carbocycles. The third kappa shape index (κ3) is 4.63. The Hall–Kier alpha value is -0.240. The fraction of sp³-hybridized carbons (Fsp3) is 0.900. The molecule has 22 heavy (non-hydrogen) atoms. The third-order valence-electron chi connectivity index (χ3n) is 3.11. The van der Waals surface area contributed by atoms with Crippen LogP contribution in [-0.4, -0.2) is 40.4 Å². The Labute approximate surface area is 136 Å². The molecule has 0 aromatic heterocycles. The van der Waals surface area contributed by atoms with Gasteiger partial charge >= 0.3 is 17.4 Å². The van der Waals surface area contributed by atoms with Gasteiger partial charge in [-0.15, -0.1) is 0 Å². The summed E-state index contributed by atoms with van der Waals surface area (Å²) in [6.07, 6.45) is -8.70. The standard InChI is InChI=1S/C10H12F5IO5S/c11-9(12,13)8(10(14,15)22(18,19)20)21-7(17)5-2-1-3-6(16)4-5/h5-6,8H,1-4H2,(H,18,19,20)/p-1. The van der Waals surface area contributed by atoms with Gasteiger partial charge < -0.3 is 9.29 Å². The first kappa shape index (κ1) is 19.8. The summed E-state index contributed by atoms with van der Waals surface area (Å²) < 4.78 is 98.9. The Kier molecular flexibility index (Phi) is 6.04. The first-order chi connectivity index (χ1) is 9.76. The molecule has 12 heteroatoms. The first-order valence-electron chi connectivity index (χ1n) is 6.01. The van der Waals surface area contributed by atoms with Crippen LogP contribution in [0.4, 0.5) is 22.0 Å². The minimum absolute atomic E-state index is 0.0306. The number of alkyl halides is 6. The van der Waals surface area contributed by atoms with E-state index in [0.29, 0.717) is 6.42 Å². The molecule has 0 aromatic carbocycles. The van der Waals surface area contributed by atoms with E-state index in [9.17, 15) is 39.7 Å². The molecule has 0 spiro atoms. The topological polar surface area (TPSA) is 83.5 Å². The SMILES string of the molecule is O=C(OC(C(F)(F)F)C(F)(F)S(=O)(=O)[O-])C1CCCC(I)C1. The van der Waals surface area contributed by atoms with Crippen molar-refractivity contribution in [1.82, 2.24) is 0 Å². The highest BCUT2D eigenvalue weighted by Gasteiger charge is 2.63. The average Bonchev–Trinajstić information content (AvgIpc) is 2.32. The maximum absolute atomic E-state index is 13.2. The highest BCUT2D eigenvalue weighted by Crippen LogP contribution is 2.39. The van der Waals surface area contributed by atoms with Crippen molar-refractivity contribution in [2.75, 3.05) is 0 Å². The number of rotatable bonds is 4. The summed E-state index contributed by atoms with van der Waals surface area (Å²) in [5.74, 6) is -2.61. The van der Waals surface area contributed by atoms with E-state index in [1.54, 1.807) is 0 Å². The predicted molar refractivity (Wildman–Crippen MR) is 70.3 cm³/mol. The van der Waals surface area contributed by atoms with Gasteiger partial charge in [0, 0.05) is 3.92 Å². The van der Waals surface area contributed by atoms with E-state index in [0.717, 1.165) is 6.42 Å². The van der Waals surface area contributed by atoms with Crippen LogP contribution >= 0.6 is 22.6 Å². The van der Waals surface area contributed by atoms with E-state index >= 15 is 0 Å². The molecule has 0 aromatic rings. The van der Waals surface area contributed by atoms with Crippen LogP contribution in [0.2, 0.25) is 0 Å². The summed E-state index contributed by atoms with van der Waals surface area (Å²) in [7, 11) is -6.65. The minimum atomic E-state index is -6.65. The zero-order valence-electron chi connectivity index (χ0n) is 10.8. The van der Waals surface area contributed by atoms with E-state index in [1.807, 2.05) is 22.6 Å². The molecule has 0 bridgehead atoms. The van der Waals surface area contributed by atoms with Crippen molar-refractivity contribution in [3.63, 3.8) is 0 Å². The second-order valence-corrected chi connectivity index (χ2v) is 8.05. The van der Waals surface area contributed by atoms with Crippen LogP contribution in [0, 0.1) is 5.92 Å². The summed E-state index contributed by atoms with van der Waals surface area (Å²) in [6, 6.07) is 0. The average molecular weight is 465 g/mol. The van der Waals surface area contributed by atoms with Gasteiger partial charge in [0.05, 0.1) is 5.92 Å². The van der Waals surface area contributed by atoms with Gasteiger partial charge in [0.1, 0.15) is 0 Å². The quantitative estimate of drug-likeness (QED) is 0.210. The van der Waals surface area contributed by atoms with Crippen LogP contribution in [-0.2, 0) is 19.6 Å². The zero-order valence-corrected chi connectivity index (χ0v) is 13.8. The molecule has 0 saturated heterocycles. The molecule has 1 fully saturated rings. The number of esters is 1. The fourth-order valence-corrected chi connectivity index (χ4v) is 3.51. The molecule has 1 rings (SSSR count). The van der Waals surface area contributed by atoms with Gasteiger partial charge in [0.25, 0.3) is 6.10 Å². The molecular weight excluding hydrogens is 454 g/mol. The lowest BCUT2D eigenvalue weighted by Crippen LogP contribution is -2.52. The molecule has 1 aliphatic rings. The minimum Gasteiger partial charge on any atom is -0.743 e. The Balaban J connectivity index is 2.98. The van der Waals surface area contributed by atoms with Crippen LogP contribution in [0.25, 0.3) is 0 Å². The summed E-state index contributed by atoms with van der Waals surface area (Å²) in [5.41, 5.74) is 0. The lowest BCUT2D eigenvalue weighted by Gasteiger charge is -2.32. The Morgan fingerprint density at radius 1 is 1.23 bits per heavy atom. The lowest BCUT2D eigenvalue weighted by atomic mass is 9.89. The van der Waals surface area contributed by atoms with E-state index < -0.39 is 39.5 Å². The van der Waals surface area contributed by atoms with E-state index in [1.165, 1.54) is 0 Å². The van der Waals surface area contributed by atoms with Crippen molar-refractivity contribution in [2.24, 2.45) is 5.92 Å². The maximum atomic E-state index is 13.2. The summed E-state index contributed by atoms with van der Waals surface area (Å²) in [6.45, 7) is 0. The zero-order chi connectivity index (χ0) is 17.3. The highest BCUT2D eigenvalue weighted by atomic mass is 127. The van der Waals surface area contributed by atoms with Gasteiger partial charge in [-0.25, -0.2) is 8.42 Å². The molecule has 0 N–H and O–H groups in total. The van der Waals surface area contributed by atoms with Crippen LogP contribution in [0.15, 0.2) is 0 Å². The molecule has 3 atom stereocenters. The number of halogens is 6. The van der Waals surface area contributed by atoms with Crippen LogP contribution < -0.4 is 0 Å². The van der Waals surface area contributed by atoms with Crippen molar-refractivity contribution in [3.05, 3.63) is 0 Å². The number of carbonyl (C=O) groups is 1. The van der Waals surface area contributed by atoms with E-state index in [4.69, 9.17) is 0 Å². The van der Waals surface area contributed by atoms with Crippen molar-refractivity contribution in [1.29, 1.82) is 0 Å². The number of hydrogen-bond donors (Lipinski definition) is 0. The van der Waals surface area contributed by atoms with E-state index in [-0.39, 0.29) is 16.8 Å². The smallest absolute Gasteiger partial charge is 0.432 e. The predicted octanol–water partition coefficient (Wildman–Crippen LogP) is 2.59. The molecule has 1 saturated carbocycles. The maximum Gasteiger partial charge on any atom is 0.432 e. The van der Waals surface area contributed by atoms with Gasteiger partial charge in [0.2, 0.25) is 0 Å². The second-order valence-electron chi connectivity index (χ2n) is 4.84. The molecule has 130 valence electrons. The lowest BCUT2D eigenvalue weighted by molar-refractivity contribution is -0.261. The summed E-state index contributed by atoms with van der Waals surface area (Å²) in [4.78, 5) is 11.6. The van der Waals surface area contributed by atoms with Gasteiger partial charge in [0.15, 0.2) is 10.1 Å². The van der Waals surface area contributed by atoms with Gasteiger partial charge in [-0.05, 0) is 19.3 Å². The molecular formula is C10H11F5IO5S-. The van der Waals surface area contributed by atoms with E-state index in [2.05, 4.69) is 4.74 Å². The van der Waals surface area contributed by atoms with Gasteiger partial charge in [-0.3, -0.25) is 4.79 Å². The monoisotopic (exact) mass is 465 g/mol. The first-order valence-corrected chi connectivity index (χ1v) is 8.66. The number of hydrogen-bond acceptors (Lipinski definition) is 5. The van der Waals surface area contributed by atoms with Gasteiger partial charge in [-0.1, -0.05) is 29.0 Å². The molecule has 0 aliphatic heterocycles. The molecule has 0 heterocycles. The molecule has 3 unspecified atom stereocenters. The fourth-order valence-electron chi connectivity index (χ4n) is 2.01. The molecule has 0 radical (unpaired) electrons. The Bertz CT molecular complexity index is 520. The number of ether oxygens (including phenoxy) is 1. The van der Waals surface area contributed by atoms with Crippen molar-refractivity contribution in [2.45, 2.75) is 47.1 Å². The van der Waals surface area contributed by atoms with Crippen LogP contribution in [0.5, 0.6) is 0 Å². The highest BCUT2D eigenvalue weighted by molar-refractivity contribution is 14.1. The van der Waals surface area contributed by atoms with Crippen molar-refractivity contribution in [3.8, 4) is 0 Å². The normalized spacial score (nSPS) is 25.6. The van der Waals surface area contributed by atoms with Gasteiger partial charge in [-0.2, -0.15) is 22.0 Å². The van der Waals surface area contributed by atoms with Crippen molar-refractivity contribution >= 4 is 38.7 Å². The molecule has 0 amide bonds. The second kappa shape index (κ2) is 6.71. The molecule has 5 nitrogen and oxygen atoms in total. The van der Waals surface area contributed by atoms with Crippen LogP contribution in [0.1, 0.15) is 25.7 Å².